The standard InChI is InChI=1S/C14H21N3S/c1-14(2,3)8-12-10-17-13(18-12)16-9-11-4-6-15-7-5-11/h4-7,12H,8-10H2,1-3H3,(H,16,17). The third-order valence-corrected chi connectivity index (χ3v) is 3.90. The first kappa shape index (κ1) is 13.4. The van der Waals surface area contributed by atoms with Crippen molar-refractivity contribution < 1.29 is 0 Å². The maximum atomic E-state index is 4.57. The average Bonchev–Trinajstić information content (AvgIpc) is 2.73. The molecule has 0 saturated heterocycles. The number of pyridine rings is 1. The third kappa shape index (κ3) is 4.33. The summed E-state index contributed by atoms with van der Waals surface area (Å²) in [5.74, 6) is 0. The summed E-state index contributed by atoms with van der Waals surface area (Å²) >= 11 is 1.88. The summed E-state index contributed by atoms with van der Waals surface area (Å²) in [5, 5.41) is 5.11. The van der Waals surface area contributed by atoms with Crippen molar-refractivity contribution in [2.24, 2.45) is 10.4 Å². The van der Waals surface area contributed by atoms with Crippen molar-refractivity contribution in [2.75, 3.05) is 6.54 Å². The molecule has 1 aliphatic rings. The molecule has 98 valence electrons. The molecule has 2 heterocycles. The maximum Gasteiger partial charge on any atom is 0.157 e. The van der Waals surface area contributed by atoms with Crippen molar-refractivity contribution in [3.8, 4) is 0 Å². The summed E-state index contributed by atoms with van der Waals surface area (Å²) in [6.07, 6.45) is 4.85. The zero-order valence-corrected chi connectivity index (χ0v) is 12.1. The summed E-state index contributed by atoms with van der Waals surface area (Å²) in [7, 11) is 0. The molecule has 0 aromatic carbocycles. The molecular weight excluding hydrogens is 242 g/mol. The van der Waals surface area contributed by atoms with Crippen LogP contribution in [0, 0.1) is 5.41 Å². The Morgan fingerprint density at radius 2 is 2.06 bits per heavy atom. The number of amidine groups is 1. The van der Waals surface area contributed by atoms with Crippen molar-refractivity contribution in [1.82, 2.24) is 10.3 Å². The highest BCUT2D eigenvalue weighted by molar-refractivity contribution is 8.14. The predicted molar refractivity (Wildman–Crippen MR) is 78.8 cm³/mol. The zero-order valence-electron chi connectivity index (χ0n) is 11.3. The lowest BCUT2D eigenvalue weighted by Gasteiger charge is -2.21. The van der Waals surface area contributed by atoms with Gasteiger partial charge in [0.1, 0.15) is 0 Å². The summed E-state index contributed by atoms with van der Waals surface area (Å²) in [6.45, 7) is 8.64. The Balaban J connectivity index is 1.76. The number of thioether (sulfide) groups is 1. The smallest absolute Gasteiger partial charge is 0.157 e. The highest BCUT2D eigenvalue weighted by atomic mass is 32.2. The predicted octanol–water partition coefficient (Wildman–Crippen LogP) is 3.08. The van der Waals surface area contributed by atoms with Gasteiger partial charge in [-0.15, -0.1) is 0 Å². The van der Waals surface area contributed by atoms with E-state index in [1.807, 2.05) is 36.3 Å². The molecule has 0 saturated carbocycles. The van der Waals surface area contributed by atoms with Gasteiger partial charge in [-0.05, 0) is 29.5 Å². The van der Waals surface area contributed by atoms with Crippen LogP contribution < -0.4 is 5.32 Å². The van der Waals surface area contributed by atoms with Gasteiger partial charge in [0.25, 0.3) is 0 Å². The second-order valence-electron chi connectivity index (χ2n) is 5.86. The molecule has 1 N–H and O–H groups in total. The first-order chi connectivity index (χ1) is 8.53. The Morgan fingerprint density at radius 3 is 2.72 bits per heavy atom. The highest BCUT2D eigenvalue weighted by Gasteiger charge is 2.24. The number of nitrogens with zero attached hydrogens (tertiary/aromatic N) is 2. The summed E-state index contributed by atoms with van der Waals surface area (Å²) in [5.41, 5.74) is 1.63. The summed E-state index contributed by atoms with van der Waals surface area (Å²) < 4.78 is 0. The SMILES string of the molecule is CC(C)(C)CC1CN=C(NCc2ccncc2)S1. The minimum absolute atomic E-state index is 0.383. The first-order valence-electron chi connectivity index (χ1n) is 6.37. The number of nitrogens with one attached hydrogen (secondary N) is 1. The normalized spacial score (nSPS) is 19.7. The number of rotatable bonds is 3. The maximum absolute atomic E-state index is 4.57. The molecule has 3 nitrogen and oxygen atoms in total. The van der Waals surface area contributed by atoms with E-state index >= 15 is 0 Å². The topological polar surface area (TPSA) is 37.3 Å². The van der Waals surface area contributed by atoms with Crippen LogP contribution in [0.4, 0.5) is 0 Å². The minimum atomic E-state index is 0.383. The molecule has 0 bridgehead atoms. The van der Waals surface area contributed by atoms with Gasteiger partial charge in [0.2, 0.25) is 0 Å². The Hall–Kier alpha value is -1.03. The van der Waals surface area contributed by atoms with Crippen molar-refractivity contribution in [1.29, 1.82) is 0 Å². The van der Waals surface area contributed by atoms with Crippen LogP contribution in [0.2, 0.25) is 0 Å². The Kier molecular flexibility index (Phi) is 4.27. The fourth-order valence-corrected chi connectivity index (χ4v) is 3.33. The third-order valence-electron chi connectivity index (χ3n) is 2.75. The number of aliphatic imine (C=N–C) groups is 1. The Morgan fingerprint density at radius 1 is 1.33 bits per heavy atom. The molecule has 0 amide bonds. The van der Waals surface area contributed by atoms with E-state index in [-0.39, 0.29) is 0 Å². The molecule has 1 aliphatic heterocycles. The molecule has 4 heteroatoms. The molecular formula is C14H21N3S. The van der Waals surface area contributed by atoms with Crippen LogP contribution in [-0.2, 0) is 6.54 Å². The lowest BCUT2D eigenvalue weighted by atomic mass is 9.90. The monoisotopic (exact) mass is 263 g/mol. The van der Waals surface area contributed by atoms with Gasteiger partial charge in [-0.3, -0.25) is 9.98 Å². The molecule has 0 aliphatic carbocycles. The molecule has 1 aromatic rings. The molecule has 1 atom stereocenters. The van der Waals surface area contributed by atoms with Crippen LogP contribution >= 0.6 is 11.8 Å². The van der Waals surface area contributed by atoms with Crippen LogP contribution in [-0.4, -0.2) is 21.9 Å². The fourth-order valence-electron chi connectivity index (χ4n) is 1.98. The number of aromatic nitrogens is 1. The quantitative estimate of drug-likeness (QED) is 0.910. The van der Waals surface area contributed by atoms with Gasteiger partial charge in [0.05, 0.1) is 6.54 Å². The van der Waals surface area contributed by atoms with Gasteiger partial charge in [0.15, 0.2) is 5.17 Å². The van der Waals surface area contributed by atoms with E-state index in [2.05, 4.69) is 36.1 Å². The molecule has 0 fully saturated rings. The van der Waals surface area contributed by atoms with Crippen LogP contribution in [0.15, 0.2) is 29.5 Å². The van der Waals surface area contributed by atoms with Crippen molar-refractivity contribution in [2.45, 2.75) is 39.0 Å². The van der Waals surface area contributed by atoms with E-state index in [4.69, 9.17) is 0 Å². The highest BCUT2D eigenvalue weighted by Crippen LogP contribution is 2.31. The average molecular weight is 263 g/mol. The van der Waals surface area contributed by atoms with E-state index in [1.54, 1.807) is 0 Å². The Labute approximate surface area is 113 Å². The summed E-state index contributed by atoms with van der Waals surface area (Å²) in [4.78, 5) is 8.58. The molecule has 1 aromatic heterocycles. The summed E-state index contributed by atoms with van der Waals surface area (Å²) in [6, 6.07) is 4.06. The second kappa shape index (κ2) is 5.74. The largest absolute Gasteiger partial charge is 0.361 e. The van der Waals surface area contributed by atoms with Crippen LogP contribution in [0.5, 0.6) is 0 Å². The minimum Gasteiger partial charge on any atom is -0.361 e. The van der Waals surface area contributed by atoms with E-state index in [0.717, 1.165) is 18.3 Å². The van der Waals surface area contributed by atoms with E-state index in [1.165, 1.54) is 12.0 Å². The van der Waals surface area contributed by atoms with Gasteiger partial charge in [-0.25, -0.2) is 0 Å². The van der Waals surface area contributed by atoms with E-state index < -0.39 is 0 Å². The van der Waals surface area contributed by atoms with Crippen molar-refractivity contribution >= 4 is 16.9 Å². The van der Waals surface area contributed by atoms with Gasteiger partial charge >= 0.3 is 0 Å². The van der Waals surface area contributed by atoms with Crippen LogP contribution in [0.1, 0.15) is 32.8 Å². The molecule has 2 rings (SSSR count). The van der Waals surface area contributed by atoms with Gasteiger partial charge in [-0.1, -0.05) is 32.5 Å². The van der Waals surface area contributed by atoms with Gasteiger partial charge in [0, 0.05) is 24.2 Å². The number of hydrogen-bond donors (Lipinski definition) is 1. The van der Waals surface area contributed by atoms with E-state index in [9.17, 15) is 0 Å². The van der Waals surface area contributed by atoms with Crippen LogP contribution in [0.3, 0.4) is 0 Å². The van der Waals surface area contributed by atoms with Gasteiger partial charge < -0.3 is 5.32 Å². The Bertz CT molecular complexity index is 409. The fraction of sp³-hybridized carbons (Fsp3) is 0.571. The zero-order chi connectivity index (χ0) is 13.0. The molecule has 0 spiro atoms. The van der Waals surface area contributed by atoms with E-state index in [0.29, 0.717) is 10.7 Å². The van der Waals surface area contributed by atoms with Gasteiger partial charge in [-0.2, -0.15) is 0 Å². The molecule has 0 radical (unpaired) electrons. The number of hydrogen-bond acceptors (Lipinski definition) is 4. The molecule has 18 heavy (non-hydrogen) atoms. The molecule has 1 unspecified atom stereocenters. The van der Waals surface area contributed by atoms with Crippen molar-refractivity contribution in [3.05, 3.63) is 30.1 Å². The first-order valence-corrected chi connectivity index (χ1v) is 7.25. The lowest BCUT2D eigenvalue weighted by molar-refractivity contribution is 0.375. The second-order valence-corrected chi connectivity index (χ2v) is 7.15. The van der Waals surface area contributed by atoms with Crippen LogP contribution in [0.25, 0.3) is 0 Å². The lowest BCUT2D eigenvalue weighted by Crippen LogP contribution is -2.20. The van der Waals surface area contributed by atoms with Crippen molar-refractivity contribution in [3.63, 3.8) is 0 Å².